The summed E-state index contributed by atoms with van der Waals surface area (Å²) in [5.74, 6) is 0.198. The minimum Gasteiger partial charge on any atom is -0.493 e. The third-order valence-corrected chi connectivity index (χ3v) is 5.32. The summed E-state index contributed by atoms with van der Waals surface area (Å²) in [7, 11) is 1.55. The van der Waals surface area contributed by atoms with Crippen molar-refractivity contribution < 1.29 is 27.5 Å². The lowest BCUT2D eigenvalue weighted by molar-refractivity contribution is 0.0733. The van der Waals surface area contributed by atoms with Gasteiger partial charge in [0.2, 0.25) is 0 Å². The molecular weight excluding hydrogens is 427 g/mol. The van der Waals surface area contributed by atoms with Gasteiger partial charge in [-0.05, 0) is 61.0 Å². The van der Waals surface area contributed by atoms with E-state index in [0.29, 0.717) is 39.2 Å². The number of para-hydroxylation sites is 1. The fourth-order valence-corrected chi connectivity index (χ4v) is 3.68. The summed E-state index contributed by atoms with van der Waals surface area (Å²) < 4.78 is 35.5. The maximum Gasteiger partial charge on any atom is 0.343 e. The van der Waals surface area contributed by atoms with Gasteiger partial charge in [-0.3, -0.25) is 0 Å². The number of carbonyl (C=O) groups excluding carboxylic acids is 1. The molecule has 5 rings (SSSR count). The van der Waals surface area contributed by atoms with Crippen LogP contribution in [0.5, 0.6) is 11.5 Å². The van der Waals surface area contributed by atoms with Crippen molar-refractivity contribution in [3.63, 3.8) is 0 Å². The van der Waals surface area contributed by atoms with E-state index in [0.717, 1.165) is 5.39 Å². The number of aryl methyl sites for hydroxylation is 1. The Morgan fingerprint density at radius 1 is 0.939 bits per heavy atom. The second-order valence-electron chi connectivity index (χ2n) is 7.48. The van der Waals surface area contributed by atoms with Crippen molar-refractivity contribution in [3.05, 3.63) is 94.1 Å². The lowest BCUT2D eigenvalue weighted by atomic mass is 10.0. The number of carbonyl (C=O) groups is 1. The Morgan fingerprint density at radius 2 is 1.73 bits per heavy atom. The van der Waals surface area contributed by atoms with Gasteiger partial charge in [-0.15, -0.1) is 0 Å². The number of ether oxygens (including phenoxy) is 2. The van der Waals surface area contributed by atoms with Crippen molar-refractivity contribution in [2.75, 3.05) is 7.11 Å². The topological polar surface area (TPSA) is 78.9 Å². The van der Waals surface area contributed by atoms with E-state index in [-0.39, 0.29) is 11.3 Å². The standard InChI is InChI=1S/C26H17FO6/c1-14-10-22-18(12-21(14)33-26(29)15-6-8-17(27)9-7-15)19(13-24(28)31-22)23-11-16-4-3-5-20(30-2)25(16)32-23/h3-13H,1-2H3. The highest BCUT2D eigenvalue weighted by atomic mass is 19.1. The van der Waals surface area contributed by atoms with Gasteiger partial charge in [-0.25, -0.2) is 14.0 Å². The summed E-state index contributed by atoms with van der Waals surface area (Å²) in [6.07, 6.45) is 0. The van der Waals surface area contributed by atoms with Crippen LogP contribution < -0.4 is 15.1 Å². The van der Waals surface area contributed by atoms with E-state index in [1.165, 1.54) is 30.3 Å². The van der Waals surface area contributed by atoms with E-state index in [1.807, 2.05) is 12.1 Å². The van der Waals surface area contributed by atoms with Gasteiger partial charge in [0.1, 0.15) is 22.9 Å². The molecule has 0 fully saturated rings. The molecule has 0 N–H and O–H groups in total. The van der Waals surface area contributed by atoms with Crippen molar-refractivity contribution >= 4 is 27.9 Å². The predicted octanol–water partition coefficient (Wildman–Crippen LogP) is 5.88. The molecule has 0 aliphatic rings. The SMILES string of the molecule is COc1cccc2cc(-c3cc(=O)oc4cc(C)c(OC(=O)c5ccc(F)cc5)cc34)oc12. The molecule has 0 aliphatic carbocycles. The average Bonchev–Trinajstić information content (AvgIpc) is 3.24. The molecule has 3 aromatic carbocycles. The number of esters is 1. The third-order valence-electron chi connectivity index (χ3n) is 5.32. The molecule has 0 unspecified atom stereocenters. The van der Waals surface area contributed by atoms with Crippen LogP contribution in [-0.4, -0.2) is 13.1 Å². The minimum atomic E-state index is -0.634. The Bertz CT molecular complexity index is 1580. The molecule has 0 spiro atoms. The zero-order valence-electron chi connectivity index (χ0n) is 17.7. The molecule has 2 heterocycles. The Labute approximate surface area is 186 Å². The van der Waals surface area contributed by atoms with Gasteiger partial charge < -0.3 is 18.3 Å². The van der Waals surface area contributed by atoms with E-state index in [4.69, 9.17) is 18.3 Å². The maximum absolute atomic E-state index is 13.2. The highest BCUT2D eigenvalue weighted by molar-refractivity contribution is 5.97. The number of rotatable bonds is 4. The van der Waals surface area contributed by atoms with Crippen molar-refractivity contribution in [2.24, 2.45) is 0 Å². The first-order chi connectivity index (χ1) is 15.9. The summed E-state index contributed by atoms with van der Waals surface area (Å²) in [5, 5.41) is 1.33. The van der Waals surface area contributed by atoms with Gasteiger partial charge in [-0.2, -0.15) is 0 Å². The molecule has 0 saturated carbocycles. The zero-order valence-corrected chi connectivity index (χ0v) is 17.7. The Kier molecular flexibility index (Phi) is 4.94. The molecule has 33 heavy (non-hydrogen) atoms. The number of hydrogen-bond donors (Lipinski definition) is 0. The van der Waals surface area contributed by atoms with Crippen LogP contribution in [-0.2, 0) is 0 Å². The molecular formula is C26H17FO6. The van der Waals surface area contributed by atoms with Crippen LogP contribution >= 0.6 is 0 Å². The first-order valence-electron chi connectivity index (χ1n) is 10.1. The lowest BCUT2D eigenvalue weighted by Crippen LogP contribution is -2.09. The fourth-order valence-electron chi connectivity index (χ4n) is 3.68. The molecule has 0 aliphatic heterocycles. The Balaban J connectivity index is 1.63. The van der Waals surface area contributed by atoms with Crippen molar-refractivity contribution in [3.8, 4) is 22.8 Å². The van der Waals surface area contributed by atoms with Gasteiger partial charge in [0, 0.05) is 22.4 Å². The summed E-state index contributed by atoms with van der Waals surface area (Å²) in [6.45, 7) is 1.73. The highest BCUT2D eigenvalue weighted by Crippen LogP contribution is 2.37. The van der Waals surface area contributed by atoms with Crippen LogP contribution in [0, 0.1) is 12.7 Å². The monoisotopic (exact) mass is 444 g/mol. The maximum atomic E-state index is 13.2. The minimum absolute atomic E-state index is 0.208. The zero-order chi connectivity index (χ0) is 23.1. The van der Waals surface area contributed by atoms with Crippen LogP contribution in [0.2, 0.25) is 0 Å². The largest absolute Gasteiger partial charge is 0.493 e. The van der Waals surface area contributed by atoms with E-state index < -0.39 is 17.4 Å². The highest BCUT2D eigenvalue weighted by Gasteiger charge is 2.18. The summed E-state index contributed by atoms with van der Waals surface area (Å²) in [4.78, 5) is 24.8. The van der Waals surface area contributed by atoms with Crippen LogP contribution in [0.25, 0.3) is 33.3 Å². The smallest absolute Gasteiger partial charge is 0.343 e. The van der Waals surface area contributed by atoms with E-state index >= 15 is 0 Å². The summed E-state index contributed by atoms with van der Waals surface area (Å²) >= 11 is 0. The first kappa shape index (κ1) is 20.5. The molecule has 5 aromatic rings. The number of furan rings is 1. The van der Waals surface area contributed by atoms with Crippen LogP contribution in [0.15, 0.2) is 80.4 Å². The first-order valence-corrected chi connectivity index (χ1v) is 10.1. The quantitative estimate of drug-likeness (QED) is 0.196. The number of methoxy groups -OCH3 is 1. The number of hydrogen-bond acceptors (Lipinski definition) is 6. The normalized spacial score (nSPS) is 11.1. The van der Waals surface area contributed by atoms with Crippen LogP contribution in [0.3, 0.4) is 0 Å². The van der Waals surface area contributed by atoms with Crippen molar-refractivity contribution in [1.82, 2.24) is 0 Å². The second-order valence-corrected chi connectivity index (χ2v) is 7.48. The van der Waals surface area contributed by atoms with Crippen molar-refractivity contribution in [1.29, 1.82) is 0 Å². The molecule has 0 radical (unpaired) electrons. The third kappa shape index (κ3) is 3.74. The van der Waals surface area contributed by atoms with E-state index in [1.54, 1.807) is 38.3 Å². The lowest BCUT2D eigenvalue weighted by Gasteiger charge is -2.10. The summed E-state index contributed by atoms with van der Waals surface area (Å²) in [6, 6.07) is 16.9. The molecule has 2 aromatic heterocycles. The van der Waals surface area contributed by atoms with Crippen LogP contribution in [0.1, 0.15) is 15.9 Å². The summed E-state index contributed by atoms with van der Waals surface area (Å²) in [5.41, 5.74) is 1.61. The van der Waals surface area contributed by atoms with E-state index in [9.17, 15) is 14.0 Å². The molecule has 164 valence electrons. The average molecular weight is 444 g/mol. The second kappa shape index (κ2) is 7.94. The molecule has 6 nitrogen and oxygen atoms in total. The van der Waals surface area contributed by atoms with Gasteiger partial charge >= 0.3 is 11.6 Å². The molecule has 0 amide bonds. The van der Waals surface area contributed by atoms with E-state index in [2.05, 4.69) is 0 Å². The molecule has 0 saturated heterocycles. The molecule has 7 heteroatoms. The molecule has 0 atom stereocenters. The van der Waals surface area contributed by atoms with Gasteiger partial charge in [-0.1, -0.05) is 12.1 Å². The van der Waals surface area contributed by atoms with Gasteiger partial charge in [0.15, 0.2) is 11.3 Å². The predicted molar refractivity (Wildman–Crippen MR) is 120 cm³/mol. The van der Waals surface area contributed by atoms with Crippen LogP contribution in [0.4, 0.5) is 4.39 Å². The van der Waals surface area contributed by atoms with Gasteiger partial charge in [0.05, 0.1) is 12.7 Å². The molecule has 0 bridgehead atoms. The Hall–Kier alpha value is -4.39. The fraction of sp³-hybridized carbons (Fsp3) is 0.0769. The number of halogens is 1. The number of benzene rings is 3. The number of fused-ring (bicyclic) bond motifs is 2. The Morgan fingerprint density at radius 3 is 2.48 bits per heavy atom. The van der Waals surface area contributed by atoms with Gasteiger partial charge in [0.25, 0.3) is 0 Å². The van der Waals surface area contributed by atoms with Crippen molar-refractivity contribution in [2.45, 2.75) is 6.92 Å².